The highest BCUT2D eigenvalue weighted by Crippen LogP contribution is 2.41. The lowest BCUT2D eigenvalue weighted by Gasteiger charge is -2.23. The van der Waals surface area contributed by atoms with Crippen LogP contribution in [0.4, 0.5) is 5.82 Å². The van der Waals surface area contributed by atoms with Crippen molar-refractivity contribution in [1.29, 1.82) is 0 Å². The van der Waals surface area contributed by atoms with Crippen molar-refractivity contribution in [3.8, 4) is 11.4 Å². The Balaban J connectivity index is 1.86. The smallest absolute Gasteiger partial charge is 0.239 e. The zero-order valence-corrected chi connectivity index (χ0v) is 16.5. The highest BCUT2D eigenvalue weighted by Gasteiger charge is 2.25. The molecule has 0 atom stereocenters. The SMILES string of the molecule is CCNC(=O)CN(CC)c1nc(-c2cccnc2)nc2sc3c(c12)CCC3. The van der Waals surface area contributed by atoms with Gasteiger partial charge in [0.05, 0.1) is 11.9 Å². The summed E-state index contributed by atoms with van der Waals surface area (Å²) < 4.78 is 0. The molecule has 0 unspecified atom stereocenters. The normalized spacial score (nSPS) is 13.0. The van der Waals surface area contributed by atoms with E-state index in [-0.39, 0.29) is 5.91 Å². The molecule has 7 heteroatoms. The van der Waals surface area contributed by atoms with Crippen LogP contribution in [0.1, 0.15) is 30.7 Å². The van der Waals surface area contributed by atoms with Crippen LogP contribution < -0.4 is 10.2 Å². The highest BCUT2D eigenvalue weighted by molar-refractivity contribution is 7.19. The predicted octanol–water partition coefficient (Wildman–Crippen LogP) is 3.20. The Bertz CT molecular complexity index is 969. The number of hydrogen-bond donors (Lipinski definition) is 1. The molecule has 0 bridgehead atoms. The van der Waals surface area contributed by atoms with E-state index in [4.69, 9.17) is 9.97 Å². The number of pyridine rings is 1. The molecular formula is C20H23N5OS. The number of nitrogens with zero attached hydrogens (tertiary/aromatic N) is 4. The Labute approximate surface area is 162 Å². The van der Waals surface area contributed by atoms with Gasteiger partial charge in [0.1, 0.15) is 10.6 Å². The van der Waals surface area contributed by atoms with Crippen LogP contribution in [0.25, 0.3) is 21.6 Å². The van der Waals surface area contributed by atoms with E-state index in [1.54, 1.807) is 23.7 Å². The second-order valence-corrected chi connectivity index (χ2v) is 7.70. The number of aryl methyl sites for hydroxylation is 2. The number of amides is 1. The average Bonchev–Trinajstić information content (AvgIpc) is 3.27. The Morgan fingerprint density at radius 1 is 1.30 bits per heavy atom. The Morgan fingerprint density at radius 2 is 2.19 bits per heavy atom. The van der Waals surface area contributed by atoms with Gasteiger partial charge in [-0.05, 0) is 50.8 Å². The lowest BCUT2D eigenvalue weighted by molar-refractivity contribution is -0.119. The summed E-state index contributed by atoms with van der Waals surface area (Å²) in [6, 6.07) is 3.86. The van der Waals surface area contributed by atoms with Crippen LogP contribution in [0.2, 0.25) is 0 Å². The van der Waals surface area contributed by atoms with Gasteiger partial charge < -0.3 is 10.2 Å². The first kappa shape index (κ1) is 17.9. The van der Waals surface area contributed by atoms with Gasteiger partial charge in [0, 0.05) is 35.9 Å². The standard InChI is InChI=1S/C20H23N5OS/c1-3-22-16(26)12-25(4-2)19-17-14-8-5-9-15(14)27-20(17)24-18(23-19)13-7-6-10-21-11-13/h6-7,10-11H,3-5,8-9,12H2,1-2H3,(H,22,26). The molecule has 0 aliphatic heterocycles. The molecule has 0 fully saturated rings. The summed E-state index contributed by atoms with van der Waals surface area (Å²) in [5.74, 6) is 1.55. The van der Waals surface area contributed by atoms with Crippen molar-refractivity contribution in [3.05, 3.63) is 35.0 Å². The van der Waals surface area contributed by atoms with Gasteiger partial charge >= 0.3 is 0 Å². The molecule has 0 spiro atoms. The van der Waals surface area contributed by atoms with Crippen LogP contribution >= 0.6 is 11.3 Å². The lowest BCUT2D eigenvalue weighted by Crippen LogP contribution is -2.37. The van der Waals surface area contributed by atoms with Crippen LogP contribution in [0, 0.1) is 0 Å². The molecule has 1 N–H and O–H groups in total. The van der Waals surface area contributed by atoms with Crippen LogP contribution in [-0.2, 0) is 17.6 Å². The molecule has 1 amide bonds. The van der Waals surface area contributed by atoms with E-state index in [0.717, 1.165) is 34.4 Å². The van der Waals surface area contributed by atoms with E-state index in [1.807, 2.05) is 19.1 Å². The molecule has 1 aliphatic rings. The van der Waals surface area contributed by atoms with Crippen LogP contribution in [-0.4, -0.2) is 40.5 Å². The van der Waals surface area contributed by atoms with Crippen molar-refractivity contribution < 1.29 is 4.79 Å². The lowest BCUT2D eigenvalue weighted by atomic mass is 10.1. The van der Waals surface area contributed by atoms with Gasteiger partial charge in [0.25, 0.3) is 0 Å². The van der Waals surface area contributed by atoms with Crippen molar-refractivity contribution in [2.75, 3.05) is 24.5 Å². The minimum absolute atomic E-state index is 0.0147. The number of carbonyl (C=O) groups excluding carboxylic acids is 1. The highest BCUT2D eigenvalue weighted by atomic mass is 32.1. The summed E-state index contributed by atoms with van der Waals surface area (Å²) in [5.41, 5.74) is 2.26. The van der Waals surface area contributed by atoms with Crippen molar-refractivity contribution in [3.63, 3.8) is 0 Å². The molecule has 3 aromatic rings. The van der Waals surface area contributed by atoms with E-state index >= 15 is 0 Å². The van der Waals surface area contributed by atoms with Crippen LogP contribution in [0.5, 0.6) is 0 Å². The first-order valence-electron chi connectivity index (χ1n) is 9.45. The molecule has 0 aromatic carbocycles. The molecule has 0 saturated carbocycles. The van der Waals surface area contributed by atoms with Crippen molar-refractivity contribution in [2.45, 2.75) is 33.1 Å². The number of thiophene rings is 1. The second kappa shape index (κ2) is 7.60. The number of carbonyl (C=O) groups is 1. The third-order valence-electron chi connectivity index (χ3n) is 4.85. The topological polar surface area (TPSA) is 71.0 Å². The minimum Gasteiger partial charge on any atom is -0.355 e. The van der Waals surface area contributed by atoms with Gasteiger partial charge in [0.2, 0.25) is 5.91 Å². The maximum absolute atomic E-state index is 12.2. The molecule has 1 aliphatic carbocycles. The third-order valence-corrected chi connectivity index (χ3v) is 6.04. The first-order chi connectivity index (χ1) is 13.2. The van der Waals surface area contributed by atoms with Gasteiger partial charge in [-0.25, -0.2) is 9.97 Å². The average molecular weight is 382 g/mol. The minimum atomic E-state index is 0.0147. The van der Waals surface area contributed by atoms with Gasteiger partial charge in [-0.15, -0.1) is 11.3 Å². The molecule has 0 saturated heterocycles. The number of aromatic nitrogens is 3. The van der Waals surface area contributed by atoms with Gasteiger partial charge in [-0.1, -0.05) is 0 Å². The summed E-state index contributed by atoms with van der Waals surface area (Å²) >= 11 is 1.77. The summed E-state index contributed by atoms with van der Waals surface area (Å²) in [6.45, 7) is 5.63. The molecule has 3 heterocycles. The number of fused-ring (bicyclic) bond motifs is 3. The van der Waals surface area contributed by atoms with E-state index in [0.29, 0.717) is 25.5 Å². The van der Waals surface area contributed by atoms with E-state index in [9.17, 15) is 4.79 Å². The van der Waals surface area contributed by atoms with Gasteiger partial charge in [0.15, 0.2) is 5.82 Å². The first-order valence-corrected chi connectivity index (χ1v) is 10.3. The largest absolute Gasteiger partial charge is 0.355 e. The number of rotatable bonds is 6. The molecule has 140 valence electrons. The van der Waals surface area contributed by atoms with Crippen molar-refractivity contribution in [2.24, 2.45) is 0 Å². The zero-order chi connectivity index (χ0) is 18.8. The van der Waals surface area contributed by atoms with Crippen molar-refractivity contribution >= 4 is 33.3 Å². The van der Waals surface area contributed by atoms with E-state index in [1.165, 1.54) is 16.9 Å². The Hall–Kier alpha value is -2.54. The summed E-state index contributed by atoms with van der Waals surface area (Å²) in [4.78, 5) is 30.7. The van der Waals surface area contributed by atoms with E-state index in [2.05, 4.69) is 22.1 Å². The molecule has 4 rings (SSSR count). The second-order valence-electron chi connectivity index (χ2n) is 6.62. The Kier molecular flexibility index (Phi) is 5.03. The van der Waals surface area contributed by atoms with Crippen LogP contribution in [0.3, 0.4) is 0 Å². The molecular weight excluding hydrogens is 358 g/mol. The third kappa shape index (κ3) is 3.39. The number of hydrogen-bond acceptors (Lipinski definition) is 6. The van der Waals surface area contributed by atoms with E-state index < -0.39 is 0 Å². The summed E-state index contributed by atoms with van der Waals surface area (Å²) in [6.07, 6.45) is 6.89. The fourth-order valence-corrected chi connectivity index (χ4v) is 4.85. The number of likely N-dealkylation sites (N-methyl/N-ethyl adjacent to an activating group) is 2. The molecule has 6 nitrogen and oxygen atoms in total. The number of nitrogens with one attached hydrogen (secondary N) is 1. The van der Waals surface area contributed by atoms with Gasteiger partial charge in [-0.2, -0.15) is 0 Å². The molecule has 27 heavy (non-hydrogen) atoms. The number of anilines is 1. The quantitative estimate of drug-likeness (QED) is 0.710. The fraction of sp³-hybridized carbons (Fsp3) is 0.400. The maximum Gasteiger partial charge on any atom is 0.239 e. The Morgan fingerprint density at radius 3 is 2.93 bits per heavy atom. The van der Waals surface area contributed by atoms with Crippen molar-refractivity contribution in [1.82, 2.24) is 20.3 Å². The summed E-state index contributed by atoms with van der Waals surface area (Å²) in [7, 11) is 0. The predicted molar refractivity (Wildman–Crippen MR) is 109 cm³/mol. The summed E-state index contributed by atoms with van der Waals surface area (Å²) in [5, 5.41) is 4.02. The molecule has 0 radical (unpaired) electrons. The fourth-order valence-electron chi connectivity index (χ4n) is 3.59. The monoisotopic (exact) mass is 381 g/mol. The van der Waals surface area contributed by atoms with Crippen LogP contribution in [0.15, 0.2) is 24.5 Å². The maximum atomic E-state index is 12.2. The molecule has 3 aromatic heterocycles. The zero-order valence-electron chi connectivity index (χ0n) is 15.7. The van der Waals surface area contributed by atoms with Gasteiger partial charge in [-0.3, -0.25) is 9.78 Å².